The summed E-state index contributed by atoms with van der Waals surface area (Å²) in [7, 11) is 0. The second kappa shape index (κ2) is 7.80. The predicted octanol–water partition coefficient (Wildman–Crippen LogP) is 4.31. The molecule has 2 aliphatic rings. The average Bonchev–Trinajstić information content (AvgIpc) is 3.37. The van der Waals surface area contributed by atoms with Crippen molar-refractivity contribution in [3.8, 4) is 0 Å². The summed E-state index contributed by atoms with van der Waals surface area (Å²) in [5.74, 6) is 0.195. The van der Waals surface area contributed by atoms with Crippen molar-refractivity contribution in [1.29, 1.82) is 0 Å². The third-order valence-electron chi connectivity index (χ3n) is 5.34. The Labute approximate surface area is 173 Å². The molecule has 0 saturated carbocycles. The van der Waals surface area contributed by atoms with Crippen molar-refractivity contribution >= 4 is 56.1 Å². The summed E-state index contributed by atoms with van der Waals surface area (Å²) < 4.78 is 2.45. The first-order chi connectivity index (χ1) is 12.8. The first kappa shape index (κ1) is 18.7. The van der Waals surface area contributed by atoms with Gasteiger partial charge in [-0.15, -0.1) is 35.1 Å². The molecule has 5 rings (SSSR count). The Morgan fingerprint density at radius 1 is 1.11 bits per heavy atom. The van der Waals surface area contributed by atoms with Crippen LogP contribution in [0.2, 0.25) is 0 Å². The van der Waals surface area contributed by atoms with E-state index in [0.29, 0.717) is 0 Å². The van der Waals surface area contributed by atoms with Gasteiger partial charge in [0.05, 0.1) is 4.88 Å². The summed E-state index contributed by atoms with van der Waals surface area (Å²) in [6.07, 6.45) is 1.13. The van der Waals surface area contributed by atoms with E-state index >= 15 is 0 Å². The van der Waals surface area contributed by atoms with Gasteiger partial charge in [0.2, 0.25) is 0 Å². The molecular weight excluding hydrogens is 398 g/mol. The minimum Gasteiger partial charge on any atom is -0.384 e. The fraction of sp³-hybridized carbons (Fsp3) is 0.350. The molecule has 1 saturated heterocycles. The first-order valence-electron chi connectivity index (χ1n) is 9.11. The second-order valence-electron chi connectivity index (χ2n) is 6.96. The Hall–Kier alpha value is -1.60. The number of thiophene rings is 2. The number of amides is 1. The number of nitrogens with one attached hydrogen (secondary N) is 1. The topological polar surface area (TPSA) is 35.6 Å². The van der Waals surface area contributed by atoms with Crippen molar-refractivity contribution in [2.45, 2.75) is 13.0 Å². The van der Waals surface area contributed by atoms with Crippen molar-refractivity contribution in [3.63, 3.8) is 0 Å². The van der Waals surface area contributed by atoms with Crippen LogP contribution in [0.15, 0.2) is 35.7 Å². The SMILES string of the molecule is Cl.O=C(c1cc2sccc2s1)N1CCN(Cc2cccc3c2NCC3)CC1. The molecule has 4 nitrogen and oxygen atoms in total. The molecule has 2 aliphatic heterocycles. The van der Waals surface area contributed by atoms with Crippen LogP contribution in [0.4, 0.5) is 5.69 Å². The lowest BCUT2D eigenvalue weighted by Crippen LogP contribution is -2.48. The summed E-state index contributed by atoms with van der Waals surface area (Å²) >= 11 is 3.33. The molecule has 1 amide bonds. The van der Waals surface area contributed by atoms with Gasteiger partial charge in [0.15, 0.2) is 0 Å². The number of carbonyl (C=O) groups excluding carboxylic acids is 1. The Morgan fingerprint density at radius 2 is 1.96 bits per heavy atom. The molecule has 0 spiro atoms. The van der Waals surface area contributed by atoms with Crippen LogP contribution < -0.4 is 5.32 Å². The lowest BCUT2D eigenvalue weighted by molar-refractivity contribution is 0.0633. The Morgan fingerprint density at radius 3 is 2.78 bits per heavy atom. The Bertz CT molecular complexity index is 931. The average molecular weight is 420 g/mol. The van der Waals surface area contributed by atoms with Crippen LogP contribution >= 0.6 is 35.1 Å². The number of rotatable bonds is 3. The van der Waals surface area contributed by atoms with Crippen molar-refractivity contribution in [2.75, 3.05) is 38.0 Å². The summed E-state index contributed by atoms with van der Waals surface area (Å²) in [6.45, 7) is 5.52. The highest BCUT2D eigenvalue weighted by Crippen LogP contribution is 2.31. The van der Waals surface area contributed by atoms with Gasteiger partial charge in [0.1, 0.15) is 0 Å². The van der Waals surface area contributed by atoms with E-state index in [1.807, 2.05) is 4.90 Å². The first-order valence-corrected chi connectivity index (χ1v) is 10.8. The summed E-state index contributed by atoms with van der Waals surface area (Å²) in [4.78, 5) is 18.2. The zero-order valence-electron chi connectivity index (χ0n) is 14.9. The molecule has 7 heteroatoms. The maximum absolute atomic E-state index is 12.8. The van der Waals surface area contributed by atoms with Crippen LogP contribution in [-0.4, -0.2) is 48.4 Å². The number of nitrogens with zero attached hydrogens (tertiary/aromatic N) is 2. The zero-order chi connectivity index (χ0) is 17.5. The highest BCUT2D eigenvalue weighted by Gasteiger charge is 2.24. The van der Waals surface area contributed by atoms with Gasteiger partial charge in [0, 0.05) is 54.4 Å². The van der Waals surface area contributed by atoms with E-state index in [2.05, 4.69) is 45.9 Å². The number of anilines is 1. The number of piperazine rings is 1. The standard InChI is InChI=1S/C20H21N3OS2.ClH/c24-20(18-12-17-16(26-18)5-11-25-17)23-9-7-22(8-10-23)13-15-3-1-2-14-4-6-21-19(14)15;/h1-3,5,11-12,21H,4,6-10,13H2;1H. The minimum atomic E-state index is 0. The van der Waals surface area contributed by atoms with Crippen molar-refractivity contribution in [1.82, 2.24) is 9.80 Å². The van der Waals surface area contributed by atoms with Crippen LogP contribution in [0.25, 0.3) is 9.40 Å². The molecule has 0 aliphatic carbocycles. The van der Waals surface area contributed by atoms with Crippen LogP contribution in [0.5, 0.6) is 0 Å². The molecule has 1 N–H and O–H groups in total. The van der Waals surface area contributed by atoms with Gasteiger partial charge in [-0.25, -0.2) is 0 Å². The van der Waals surface area contributed by atoms with Crippen molar-refractivity contribution in [3.05, 3.63) is 51.7 Å². The molecule has 1 aromatic carbocycles. The highest BCUT2D eigenvalue weighted by molar-refractivity contribution is 7.27. The maximum Gasteiger partial charge on any atom is 0.264 e. The van der Waals surface area contributed by atoms with Crippen molar-refractivity contribution in [2.24, 2.45) is 0 Å². The van der Waals surface area contributed by atoms with E-state index in [4.69, 9.17) is 0 Å². The molecule has 3 aromatic rings. The monoisotopic (exact) mass is 419 g/mol. The minimum absolute atomic E-state index is 0. The molecule has 0 atom stereocenters. The van der Waals surface area contributed by atoms with Crippen molar-refractivity contribution < 1.29 is 4.79 Å². The number of carbonyl (C=O) groups is 1. The Kier molecular flexibility index (Phi) is 5.41. The van der Waals surface area contributed by atoms with E-state index in [-0.39, 0.29) is 18.3 Å². The number of para-hydroxylation sites is 1. The van der Waals surface area contributed by atoms with Gasteiger partial charge in [-0.05, 0) is 35.1 Å². The van der Waals surface area contributed by atoms with Crippen LogP contribution in [0.3, 0.4) is 0 Å². The summed E-state index contributed by atoms with van der Waals surface area (Å²) in [5.41, 5.74) is 4.16. The molecule has 0 bridgehead atoms. The molecule has 142 valence electrons. The molecule has 0 radical (unpaired) electrons. The molecule has 1 fully saturated rings. The van der Waals surface area contributed by atoms with Gasteiger partial charge in [-0.1, -0.05) is 18.2 Å². The molecular formula is C20H22ClN3OS2. The van der Waals surface area contributed by atoms with E-state index < -0.39 is 0 Å². The van der Waals surface area contributed by atoms with Gasteiger partial charge in [-0.2, -0.15) is 0 Å². The highest BCUT2D eigenvalue weighted by atomic mass is 35.5. The number of benzene rings is 1. The number of halogens is 1. The molecule has 27 heavy (non-hydrogen) atoms. The van der Waals surface area contributed by atoms with E-state index in [9.17, 15) is 4.79 Å². The molecule has 4 heterocycles. The fourth-order valence-electron chi connectivity index (χ4n) is 3.92. The molecule has 0 unspecified atom stereocenters. The van der Waals surface area contributed by atoms with Gasteiger partial charge < -0.3 is 10.2 Å². The largest absolute Gasteiger partial charge is 0.384 e. The third-order valence-corrected chi connectivity index (χ3v) is 7.42. The number of hydrogen-bond acceptors (Lipinski definition) is 5. The van der Waals surface area contributed by atoms with Crippen LogP contribution in [0.1, 0.15) is 20.8 Å². The lowest BCUT2D eigenvalue weighted by Gasteiger charge is -2.34. The van der Waals surface area contributed by atoms with E-state index in [0.717, 1.165) is 50.6 Å². The fourth-order valence-corrected chi connectivity index (χ4v) is 6.00. The second-order valence-corrected chi connectivity index (χ2v) is 8.99. The summed E-state index contributed by atoms with van der Waals surface area (Å²) in [5, 5.41) is 5.61. The third kappa shape index (κ3) is 3.59. The van der Waals surface area contributed by atoms with E-state index in [1.165, 1.54) is 26.2 Å². The lowest BCUT2D eigenvalue weighted by atomic mass is 10.1. The predicted molar refractivity (Wildman–Crippen MR) is 117 cm³/mol. The van der Waals surface area contributed by atoms with Crippen LogP contribution in [-0.2, 0) is 13.0 Å². The smallest absolute Gasteiger partial charge is 0.264 e. The Balaban J connectivity index is 0.00000180. The van der Waals surface area contributed by atoms with Crippen LogP contribution in [0, 0.1) is 0 Å². The van der Waals surface area contributed by atoms with E-state index in [1.54, 1.807) is 22.7 Å². The number of fused-ring (bicyclic) bond motifs is 2. The number of hydrogen-bond donors (Lipinski definition) is 1. The quantitative estimate of drug-likeness (QED) is 0.687. The van der Waals surface area contributed by atoms with Gasteiger partial charge in [-0.3, -0.25) is 9.69 Å². The zero-order valence-corrected chi connectivity index (χ0v) is 17.4. The summed E-state index contributed by atoms with van der Waals surface area (Å²) in [6, 6.07) is 10.8. The maximum atomic E-state index is 12.8. The normalized spacial score (nSPS) is 16.8. The van der Waals surface area contributed by atoms with Gasteiger partial charge >= 0.3 is 0 Å². The van der Waals surface area contributed by atoms with Gasteiger partial charge in [0.25, 0.3) is 5.91 Å². The molecule has 2 aromatic heterocycles.